The number of hydrogen-bond donors (Lipinski definition) is 1. The highest BCUT2D eigenvalue weighted by atomic mass is 35.5. The van der Waals surface area contributed by atoms with Crippen LogP contribution in [0.5, 0.6) is 0 Å². The van der Waals surface area contributed by atoms with Crippen LogP contribution in [0.25, 0.3) is 0 Å². The molecule has 0 amide bonds. The van der Waals surface area contributed by atoms with Crippen LogP contribution >= 0.6 is 23.2 Å². The van der Waals surface area contributed by atoms with E-state index in [2.05, 4.69) is 19.2 Å². The first kappa shape index (κ1) is 14.8. The highest BCUT2D eigenvalue weighted by Gasteiger charge is 2.10. The van der Waals surface area contributed by atoms with E-state index < -0.39 is 0 Å². The Kier molecular flexibility index (Phi) is 6.32. The summed E-state index contributed by atoms with van der Waals surface area (Å²) >= 11 is 12.1. The summed E-state index contributed by atoms with van der Waals surface area (Å²) in [6.45, 7) is 4.50. The van der Waals surface area contributed by atoms with Crippen molar-refractivity contribution in [1.82, 2.24) is 5.32 Å². The summed E-state index contributed by atoms with van der Waals surface area (Å²) < 4.78 is 0. The smallest absolute Gasteiger partial charge is 0.0453 e. The van der Waals surface area contributed by atoms with Crippen molar-refractivity contribution in [1.29, 1.82) is 0 Å². The third-order valence-corrected chi connectivity index (χ3v) is 3.57. The number of nitrogens with one attached hydrogen (secondary N) is 1. The monoisotopic (exact) mass is 273 g/mol. The van der Waals surface area contributed by atoms with Crippen molar-refractivity contribution in [3.63, 3.8) is 0 Å². The lowest BCUT2D eigenvalue weighted by Crippen LogP contribution is -2.28. The van der Waals surface area contributed by atoms with Crippen LogP contribution in [-0.2, 0) is 6.42 Å². The van der Waals surface area contributed by atoms with Gasteiger partial charge in [0.1, 0.15) is 0 Å². The molecule has 0 aliphatic heterocycles. The zero-order valence-electron chi connectivity index (χ0n) is 10.8. The van der Waals surface area contributed by atoms with E-state index in [-0.39, 0.29) is 0 Å². The van der Waals surface area contributed by atoms with Gasteiger partial charge in [0.05, 0.1) is 0 Å². The van der Waals surface area contributed by atoms with Crippen LogP contribution in [0.2, 0.25) is 10.0 Å². The van der Waals surface area contributed by atoms with Crippen LogP contribution in [0.4, 0.5) is 0 Å². The van der Waals surface area contributed by atoms with Crippen LogP contribution in [0.3, 0.4) is 0 Å². The maximum absolute atomic E-state index is 6.18. The molecule has 96 valence electrons. The molecule has 0 saturated heterocycles. The van der Waals surface area contributed by atoms with Crippen molar-refractivity contribution in [3.8, 4) is 0 Å². The Morgan fingerprint density at radius 3 is 2.41 bits per heavy atom. The van der Waals surface area contributed by atoms with Crippen molar-refractivity contribution in [3.05, 3.63) is 33.8 Å². The van der Waals surface area contributed by atoms with Crippen molar-refractivity contribution in [2.45, 2.75) is 39.2 Å². The molecule has 1 unspecified atom stereocenters. The fraction of sp³-hybridized carbons (Fsp3) is 0.571. The van der Waals surface area contributed by atoms with Crippen LogP contribution in [0.1, 0.15) is 32.3 Å². The number of hydrogen-bond acceptors (Lipinski definition) is 1. The molecular formula is C14H21Cl2N. The first-order valence-corrected chi connectivity index (χ1v) is 6.89. The minimum absolute atomic E-state index is 0.482. The van der Waals surface area contributed by atoms with Gasteiger partial charge in [0, 0.05) is 16.1 Å². The molecule has 1 atom stereocenters. The summed E-state index contributed by atoms with van der Waals surface area (Å²) in [5.41, 5.74) is 1.17. The lowest BCUT2D eigenvalue weighted by atomic mass is 9.98. The summed E-state index contributed by atoms with van der Waals surface area (Å²) in [4.78, 5) is 0. The average Bonchev–Trinajstić information content (AvgIpc) is 2.26. The van der Waals surface area contributed by atoms with Gasteiger partial charge in [-0.05, 0) is 49.9 Å². The van der Waals surface area contributed by atoms with Crippen molar-refractivity contribution < 1.29 is 0 Å². The van der Waals surface area contributed by atoms with E-state index in [0.717, 1.165) is 17.4 Å². The standard InChI is InChI=1S/C14H21Cl2N/c1-10(2)4-7-13(17-3)8-11-5-6-12(15)9-14(11)16/h5-6,9-10,13,17H,4,7-8H2,1-3H3. The molecule has 1 aromatic rings. The zero-order valence-corrected chi connectivity index (χ0v) is 12.3. The van der Waals surface area contributed by atoms with Crippen molar-refractivity contribution in [2.24, 2.45) is 5.92 Å². The van der Waals surface area contributed by atoms with Gasteiger partial charge in [-0.3, -0.25) is 0 Å². The average molecular weight is 274 g/mol. The minimum Gasteiger partial charge on any atom is -0.317 e. The van der Waals surface area contributed by atoms with Crippen molar-refractivity contribution >= 4 is 23.2 Å². The summed E-state index contributed by atoms with van der Waals surface area (Å²) in [6.07, 6.45) is 3.36. The molecule has 1 nitrogen and oxygen atoms in total. The molecule has 0 radical (unpaired) electrons. The SMILES string of the molecule is CNC(CCC(C)C)Cc1ccc(Cl)cc1Cl. The minimum atomic E-state index is 0.482. The molecule has 0 bridgehead atoms. The van der Waals surface area contributed by atoms with E-state index in [9.17, 15) is 0 Å². The molecule has 0 spiro atoms. The van der Waals surface area contributed by atoms with E-state index in [0.29, 0.717) is 11.1 Å². The Morgan fingerprint density at radius 1 is 1.18 bits per heavy atom. The topological polar surface area (TPSA) is 12.0 Å². The first-order chi connectivity index (χ1) is 8.02. The predicted octanol–water partition coefficient (Wildman–Crippen LogP) is 4.56. The van der Waals surface area contributed by atoms with E-state index in [1.54, 1.807) is 0 Å². The fourth-order valence-electron chi connectivity index (χ4n) is 1.84. The molecule has 17 heavy (non-hydrogen) atoms. The molecule has 0 aliphatic carbocycles. The molecule has 1 rings (SSSR count). The van der Waals surface area contributed by atoms with Crippen molar-refractivity contribution in [2.75, 3.05) is 7.05 Å². The Labute approximate surface area is 115 Å². The molecular weight excluding hydrogens is 253 g/mol. The maximum atomic E-state index is 6.18. The molecule has 0 aliphatic rings. The molecule has 3 heteroatoms. The Bertz CT molecular complexity index is 350. The lowest BCUT2D eigenvalue weighted by molar-refractivity contribution is 0.451. The van der Waals surface area contributed by atoms with Crippen LogP contribution in [0, 0.1) is 5.92 Å². The second-order valence-electron chi connectivity index (χ2n) is 4.90. The van der Waals surface area contributed by atoms with Gasteiger partial charge in [0.25, 0.3) is 0 Å². The number of halogens is 2. The highest BCUT2D eigenvalue weighted by molar-refractivity contribution is 6.35. The Morgan fingerprint density at radius 2 is 1.88 bits per heavy atom. The summed E-state index contributed by atoms with van der Waals surface area (Å²) in [5.74, 6) is 0.742. The van der Waals surface area contributed by atoms with E-state index in [1.807, 2.05) is 25.2 Å². The number of benzene rings is 1. The molecule has 0 aromatic heterocycles. The van der Waals surface area contributed by atoms with Crippen LogP contribution in [0.15, 0.2) is 18.2 Å². The number of likely N-dealkylation sites (N-methyl/N-ethyl adjacent to an activating group) is 1. The molecule has 1 N–H and O–H groups in total. The molecule has 0 saturated carbocycles. The van der Waals surface area contributed by atoms with Gasteiger partial charge in [-0.1, -0.05) is 43.1 Å². The van der Waals surface area contributed by atoms with E-state index >= 15 is 0 Å². The van der Waals surface area contributed by atoms with Gasteiger partial charge in [0.15, 0.2) is 0 Å². The lowest BCUT2D eigenvalue weighted by Gasteiger charge is -2.18. The molecule has 1 aromatic carbocycles. The van der Waals surface area contributed by atoms with Gasteiger partial charge < -0.3 is 5.32 Å². The third-order valence-electron chi connectivity index (χ3n) is 2.98. The van der Waals surface area contributed by atoms with Gasteiger partial charge in [-0.25, -0.2) is 0 Å². The summed E-state index contributed by atoms with van der Waals surface area (Å²) in [6, 6.07) is 6.21. The Hall–Kier alpha value is -0.240. The maximum Gasteiger partial charge on any atom is 0.0453 e. The van der Waals surface area contributed by atoms with E-state index in [4.69, 9.17) is 23.2 Å². The largest absolute Gasteiger partial charge is 0.317 e. The predicted molar refractivity (Wildman–Crippen MR) is 77.1 cm³/mol. The second-order valence-corrected chi connectivity index (χ2v) is 5.74. The molecule has 0 heterocycles. The highest BCUT2D eigenvalue weighted by Crippen LogP contribution is 2.23. The summed E-state index contributed by atoms with van der Waals surface area (Å²) in [7, 11) is 2.01. The van der Waals surface area contributed by atoms with Gasteiger partial charge >= 0.3 is 0 Å². The first-order valence-electron chi connectivity index (χ1n) is 6.14. The quantitative estimate of drug-likeness (QED) is 0.801. The van der Waals surface area contributed by atoms with Crippen LogP contribution in [-0.4, -0.2) is 13.1 Å². The Balaban J connectivity index is 2.60. The second kappa shape index (κ2) is 7.25. The summed E-state index contributed by atoms with van der Waals surface area (Å²) in [5, 5.41) is 4.82. The number of rotatable bonds is 6. The van der Waals surface area contributed by atoms with E-state index in [1.165, 1.54) is 18.4 Å². The van der Waals surface area contributed by atoms with Gasteiger partial charge in [0.2, 0.25) is 0 Å². The van der Waals surface area contributed by atoms with Gasteiger partial charge in [-0.15, -0.1) is 0 Å². The molecule has 0 fully saturated rings. The van der Waals surface area contributed by atoms with Crippen LogP contribution < -0.4 is 5.32 Å². The third kappa shape index (κ3) is 5.29. The normalized spacial score (nSPS) is 13.1. The fourth-order valence-corrected chi connectivity index (χ4v) is 2.32. The van der Waals surface area contributed by atoms with Gasteiger partial charge in [-0.2, -0.15) is 0 Å². The zero-order chi connectivity index (χ0) is 12.8.